The van der Waals surface area contributed by atoms with E-state index in [1.54, 1.807) is 12.1 Å². The Hall–Kier alpha value is -0.830. The Labute approximate surface area is 122 Å². The van der Waals surface area contributed by atoms with Crippen LogP contribution in [-0.4, -0.2) is 13.2 Å². The highest BCUT2D eigenvalue weighted by atomic mass is 31.2. The van der Waals surface area contributed by atoms with Gasteiger partial charge in [-0.15, -0.1) is 0 Å². The molecule has 1 atom stereocenters. The average Bonchev–Trinajstić information content (AvgIpc) is 2.45. The number of unbranched alkanes of at least 4 members (excludes halogenated alkanes) is 3. The van der Waals surface area contributed by atoms with Crippen molar-refractivity contribution in [2.75, 3.05) is 13.2 Å². The van der Waals surface area contributed by atoms with Crippen LogP contribution >= 0.6 is 7.82 Å². The van der Waals surface area contributed by atoms with Gasteiger partial charge in [0, 0.05) is 0 Å². The third kappa shape index (κ3) is 7.09. The first-order chi connectivity index (χ1) is 9.70. The standard InChI is InChI=1S/C15H25O4P/c1-3-5-10-14-18-20(16,17-13-6-4-2)19-15-11-8-7-9-12-15/h7-9,11-12H,3-6,10,13-14H2,1-2H3. The van der Waals surface area contributed by atoms with Crippen LogP contribution in [0, 0.1) is 0 Å². The molecular weight excluding hydrogens is 275 g/mol. The zero-order valence-corrected chi connectivity index (χ0v) is 13.3. The lowest BCUT2D eigenvalue weighted by atomic mass is 10.3. The first-order valence-corrected chi connectivity index (χ1v) is 8.80. The minimum absolute atomic E-state index is 0.383. The van der Waals surface area contributed by atoms with Gasteiger partial charge in [0.1, 0.15) is 5.75 Å². The van der Waals surface area contributed by atoms with Gasteiger partial charge in [0.25, 0.3) is 0 Å². The van der Waals surface area contributed by atoms with E-state index >= 15 is 0 Å². The van der Waals surface area contributed by atoms with Gasteiger partial charge in [-0.2, -0.15) is 0 Å². The fourth-order valence-electron chi connectivity index (χ4n) is 1.55. The van der Waals surface area contributed by atoms with Crippen LogP contribution in [0.1, 0.15) is 46.0 Å². The van der Waals surface area contributed by atoms with Crippen molar-refractivity contribution in [3.05, 3.63) is 30.3 Å². The molecule has 0 aromatic heterocycles. The zero-order valence-electron chi connectivity index (χ0n) is 12.4. The molecule has 0 saturated carbocycles. The topological polar surface area (TPSA) is 44.8 Å². The van der Waals surface area contributed by atoms with Gasteiger partial charge in [0.05, 0.1) is 13.2 Å². The third-order valence-electron chi connectivity index (χ3n) is 2.71. The minimum Gasteiger partial charge on any atom is -0.404 e. The molecular formula is C15H25O4P. The number of para-hydroxylation sites is 1. The lowest BCUT2D eigenvalue weighted by molar-refractivity contribution is 0.151. The molecule has 1 aromatic rings. The van der Waals surface area contributed by atoms with Crippen molar-refractivity contribution >= 4 is 7.82 Å². The summed E-state index contributed by atoms with van der Waals surface area (Å²) in [6.07, 6.45) is 4.79. The predicted molar refractivity (Wildman–Crippen MR) is 81.0 cm³/mol. The van der Waals surface area contributed by atoms with Crippen molar-refractivity contribution in [2.24, 2.45) is 0 Å². The minimum atomic E-state index is -3.51. The molecule has 0 fully saturated rings. The molecule has 1 unspecified atom stereocenters. The van der Waals surface area contributed by atoms with E-state index < -0.39 is 7.82 Å². The molecule has 0 aliphatic rings. The number of phosphoric acid groups is 1. The molecule has 0 radical (unpaired) electrons. The maximum atomic E-state index is 12.6. The van der Waals surface area contributed by atoms with Crippen LogP contribution in [0.15, 0.2) is 30.3 Å². The number of hydrogen-bond acceptors (Lipinski definition) is 4. The van der Waals surface area contributed by atoms with Gasteiger partial charge in [-0.1, -0.05) is 51.3 Å². The molecule has 114 valence electrons. The van der Waals surface area contributed by atoms with E-state index in [4.69, 9.17) is 13.6 Å². The highest BCUT2D eigenvalue weighted by Crippen LogP contribution is 2.49. The normalized spacial score (nSPS) is 13.9. The quantitative estimate of drug-likeness (QED) is 0.416. The Morgan fingerprint density at radius 3 is 2.10 bits per heavy atom. The monoisotopic (exact) mass is 300 g/mol. The summed E-state index contributed by atoms with van der Waals surface area (Å²) in [7, 11) is -3.51. The summed E-state index contributed by atoms with van der Waals surface area (Å²) in [5.41, 5.74) is 0. The molecule has 0 N–H and O–H groups in total. The molecule has 4 nitrogen and oxygen atoms in total. The van der Waals surface area contributed by atoms with Crippen molar-refractivity contribution in [1.82, 2.24) is 0 Å². The van der Waals surface area contributed by atoms with Gasteiger partial charge in [0.2, 0.25) is 0 Å². The van der Waals surface area contributed by atoms with Crippen molar-refractivity contribution < 1.29 is 18.1 Å². The number of phosphoric ester groups is 1. The Morgan fingerprint density at radius 1 is 0.900 bits per heavy atom. The van der Waals surface area contributed by atoms with Gasteiger partial charge in [0.15, 0.2) is 0 Å². The number of hydrogen-bond donors (Lipinski definition) is 0. The Bertz CT molecular complexity index is 394. The van der Waals surface area contributed by atoms with Gasteiger partial charge in [-0.3, -0.25) is 9.05 Å². The van der Waals surface area contributed by atoms with Crippen LogP contribution in [0.5, 0.6) is 5.75 Å². The highest BCUT2D eigenvalue weighted by molar-refractivity contribution is 7.48. The van der Waals surface area contributed by atoms with E-state index in [0.717, 1.165) is 32.1 Å². The number of benzene rings is 1. The van der Waals surface area contributed by atoms with Crippen LogP contribution in [0.3, 0.4) is 0 Å². The summed E-state index contributed by atoms with van der Waals surface area (Å²) in [4.78, 5) is 0. The maximum Gasteiger partial charge on any atom is 0.530 e. The van der Waals surface area contributed by atoms with Crippen LogP contribution in [0.2, 0.25) is 0 Å². The predicted octanol–water partition coefficient (Wildman–Crippen LogP) is 5.20. The second-order valence-electron chi connectivity index (χ2n) is 4.58. The van der Waals surface area contributed by atoms with Crippen LogP contribution in [0.4, 0.5) is 0 Å². The summed E-state index contributed by atoms with van der Waals surface area (Å²) < 4.78 is 28.8. The fraction of sp³-hybridized carbons (Fsp3) is 0.600. The lowest BCUT2D eigenvalue weighted by Gasteiger charge is -2.18. The Morgan fingerprint density at radius 2 is 1.50 bits per heavy atom. The van der Waals surface area contributed by atoms with E-state index in [1.165, 1.54) is 0 Å². The van der Waals surface area contributed by atoms with Crippen LogP contribution in [-0.2, 0) is 13.6 Å². The molecule has 0 aliphatic heterocycles. The van der Waals surface area contributed by atoms with E-state index in [2.05, 4.69) is 13.8 Å². The van der Waals surface area contributed by atoms with Crippen LogP contribution < -0.4 is 4.52 Å². The van der Waals surface area contributed by atoms with Gasteiger partial charge >= 0.3 is 7.82 Å². The lowest BCUT2D eigenvalue weighted by Crippen LogP contribution is -2.05. The average molecular weight is 300 g/mol. The first kappa shape index (κ1) is 17.2. The smallest absolute Gasteiger partial charge is 0.404 e. The molecule has 0 saturated heterocycles. The fourth-order valence-corrected chi connectivity index (χ4v) is 2.81. The molecule has 1 rings (SSSR count). The van der Waals surface area contributed by atoms with Crippen LogP contribution in [0.25, 0.3) is 0 Å². The molecule has 5 heteroatoms. The number of rotatable bonds is 11. The second-order valence-corrected chi connectivity index (χ2v) is 6.17. The van der Waals surface area contributed by atoms with Crippen molar-refractivity contribution in [2.45, 2.75) is 46.0 Å². The third-order valence-corrected chi connectivity index (χ3v) is 4.14. The molecule has 0 spiro atoms. The van der Waals surface area contributed by atoms with Crippen molar-refractivity contribution in [1.29, 1.82) is 0 Å². The summed E-state index contributed by atoms with van der Waals surface area (Å²) in [5, 5.41) is 0. The van der Waals surface area contributed by atoms with Gasteiger partial charge in [-0.05, 0) is 25.0 Å². The molecule has 20 heavy (non-hydrogen) atoms. The summed E-state index contributed by atoms with van der Waals surface area (Å²) >= 11 is 0. The largest absolute Gasteiger partial charge is 0.530 e. The Kier molecular flexibility index (Phi) is 8.59. The molecule has 0 heterocycles. The van der Waals surface area contributed by atoms with E-state index in [0.29, 0.717) is 19.0 Å². The Balaban J connectivity index is 2.55. The highest BCUT2D eigenvalue weighted by Gasteiger charge is 2.28. The van der Waals surface area contributed by atoms with E-state index in [1.807, 2.05) is 18.2 Å². The zero-order chi connectivity index (χ0) is 14.7. The second kappa shape index (κ2) is 9.98. The summed E-state index contributed by atoms with van der Waals surface area (Å²) in [5.74, 6) is 0.503. The molecule has 0 aliphatic carbocycles. The first-order valence-electron chi connectivity index (χ1n) is 7.34. The van der Waals surface area contributed by atoms with Crippen molar-refractivity contribution in [3.63, 3.8) is 0 Å². The van der Waals surface area contributed by atoms with E-state index in [-0.39, 0.29) is 0 Å². The summed E-state index contributed by atoms with van der Waals surface area (Å²) in [6, 6.07) is 9.00. The molecule has 0 amide bonds. The van der Waals surface area contributed by atoms with Gasteiger partial charge in [-0.25, -0.2) is 4.57 Å². The van der Waals surface area contributed by atoms with E-state index in [9.17, 15) is 4.57 Å². The summed E-state index contributed by atoms with van der Waals surface area (Å²) in [6.45, 7) is 4.94. The molecule has 0 bridgehead atoms. The van der Waals surface area contributed by atoms with Gasteiger partial charge < -0.3 is 4.52 Å². The van der Waals surface area contributed by atoms with Crippen molar-refractivity contribution in [3.8, 4) is 5.75 Å². The molecule has 1 aromatic carbocycles. The SMILES string of the molecule is CCCCCOP(=O)(OCCCC)Oc1ccccc1. The maximum absolute atomic E-state index is 12.6.